The van der Waals surface area contributed by atoms with Crippen LogP contribution in [-0.2, 0) is 6.42 Å². The second-order valence-corrected chi connectivity index (χ2v) is 4.72. The Balaban J connectivity index is 2.37. The number of anilines is 1. The van der Waals surface area contributed by atoms with Gasteiger partial charge in [0.25, 0.3) is 0 Å². The van der Waals surface area contributed by atoms with Gasteiger partial charge in [-0.15, -0.1) is 0 Å². The third kappa shape index (κ3) is 2.49. The average molecular weight is 303 g/mol. The van der Waals surface area contributed by atoms with E-state index in [1.54, 1.807) is 6.92 Å². The maximum Gasteiger partial charge on any atom is 0.145 e. The van der Waals surface area contributed by atoms with Gasteiger partial charge in [-0.1, -0.05) is 34.1 Å². The van der Waals surface area contributed by atoms with Crippen LogP contribution in [0.1, 0.15) is 22.6 Å². The van der Waals surface area contributed by atoms with Gasteiger partial charge in [-0.2, -0.15) is 5.26 Å². The molecule has 0 saturated heterocycles. The molecular formula is C13H11BrN4. The SMILES string of the molecule is Cc1nc(Cc2ccccc2Br)nc(N)c1C#N. The summed E-state index contributed by atoms with van der Waals surface area (Å²) in [4.78, 5) is 8.47. The molecule has 2 N–H and O–H groups in total. The Kier molecular flexibility index (Phi) is 3.58. The van der Waals surface area contributed by atoms with E-state index in [0.717, 1.165) is 10.0 Å². The maximum atomic E-state index is 8.91. The molecule has 0 fully saturated rings. The largest absolute Gasteiger partial charge is 0.382 e. The zero-order chi connectivity index (χ0) is 13.1. The van der Waals surface area contributed by atoms with E-state index in [4.69, 9.17) is 11.0 Å². The minimum absolute atomic E-state index is 0.243. The number of aryl methyl sites for hydroxylation is 1. The van der Waals surface area contributed by atoms with E-state index in [9.17, 15) is 0 Å². The van der Waals surface area contributed by atoms with Gasteiger partial charge in [0.1, 0.15) is 23.3 Å². The topological polar surface area (TPSA) is 75.6 Å². The lowest BCUT2D eigenvalue weighted by molar-refractivity contribution is 0.940. The van der Waals surface area contributed by atoms with Gasteiger partial charge in [0.15, 0.2) is 0 Å². The molecule has 0 aliphatic heterocycles. The van der Waals surface area contributed by atoms with Crippen LogP contribution in [0.4, 0.5) is 5.82 Å². The first-order valence-corrected chi connectivity index (χ1v) is 6.17. The molecule has 0 unspecified atom stereocenters. The van der Waals surface area contributed by atoms with Crippen LogP contribution in [0.2, 0.25) is 0 Å². The van der Waals surface area contributed by atoms with Crippen LogP contribution in [0.15, 0.2) is 28.7 Å². The number of halogens is 1. The summed E-state index contributed by atoms with van der Waals surface area (Å²) in [6, 6.07) is 9.88. The smallest absolute Gasteiger partial charge is 0.145 e. The van der Waals surface area contributed by atoms with Crippen molar-refractivity contribution in [1.82, 2.24) is 9.97 Å². The number of aromatic nitrogens is 2. The van der Waals surface area contributed by atoms with E-state index in [1.165, 1.54) is 0 Å². The summed E-state index contributed by atoms with van der Waals surface area (Å²) in [6.07, 6.45) is 0.582. The fourth-order valence-electron chi connectivity index (χ4n) is 1.68. The zero-order valence-corrected chi connectivity index (χ0v) is 11.4. The van der Waals surface area contributed by atoms with Gasteiger partial charge < -0.3 is 5.73 Å². The summed E-state index contributed by atoms with van der Waals surface area (Å²) < 4.78 is 1.01. The number of hydrogen-bond donors (Lipinski definition) is 1. The van der Waals surface area contributed by atoms with Crippen molar-refractivity contribution in [2.45, 2.75) is 13.3 Å². The first-order chi connectivity index (χ1) is 8.61. The molecule has 0 bridgehead atoms. The molecule has 2 rings (SSSR count). The van der Waals surface area contributed by atoms with Crippen molar-refractivity contribution in [3.8, 4) is 6.07 Å². The second kappa shape index (κ2) is 5.15. The van der Waals surface area contributed by atoms with Crippen LogP contribution < -0.4 is 5.73 Å². The molecule has 1 aromatic heterocycles. The number of nitrogens with two attached hydrogens (primary N) is 1. The van der Waals surface area contributed by atoms with Crippen molar-refractivity contribution >= 4 is 21.7 Å². The average Bonchev–Trinajstić information content (AvgIpc) is 2.32. The van der Waals surface area contributed by atoms with Crippen LogP contribution in [0.5, 0.6) is 0 Å². The molecule has 1 aromatic carbocycles. The molecule has 0 aliphatic rings. The van der Waals surface area contributed by atoms with E-state index < -0.39 is 0 Å². The monoisotopic (exact) mass is 302 g/mol. The van der Waals surface area contributed by atoms with Crippen molar-refractivity contribution in [2.24, 2.45) is 0 Å². The van der Waals surface area contributed by atoms with Crippen LogP contribution >= 0.6 is 15.9 Å². The highest BCUT2D eigenvalue weighted by molar-refractivity contribution is 9.10. The Labute approximate surface area is 114 Å². The molecule has 18 heavy (non-hydrogen) atoms. The quantitative estimate of drug-likeness (QED) is 0.925. The van der Waals surface area contributed by atoms with Gasteiger partial charge in [-0.3, -0.25) is 0 Å². The predicted octanol–water partition coefficient (Wildman–Crippen LogP) is 2.59. The van der Waals surface area contributed by atoms with Gasteiger partial charge >= 0.3 is 0 Å². The van der Waals surface area contributed by atoms with Gasteiger partial charge in [0, 0.05) is 10.9 Å². The van der Waals surface area contributed by atoms with Crippen molar-refractivity contribution in [2.75, 3.05) is 5.73 Å². The summed E-state index contributed by atoms with van der Waals surface area (Å²) in [5, 5.41) is 8.91. The van der Waals surface area contributed by atoms with Crippen LogP contribution in [-0.4, -0.2) is 9.97 Å². The number of nitriles is 1. The normalized spacial score (nSPS) is 10.1. The van der Waals surface area contributed by atoms with Crippen molar-refractivity contribution in [3.05, 3.63) is 51.4 Å². The zero-order valence-electron chi connectivity index (χ0n) is 9.81. The summed E-state index contributed by atoms with van der Waals surface area (Å²) in [5.74, 6) is 0.864. The molecule has 90 valence electrons. The molecule has 1 heterocycles. The molecule has 0 aliphatic carbocycles. The molecule has 5 heteroatoms. The number of nitrogen functional groups attached to an aromatic ring is 1. The maximum absolute atomic E-state index is 8.91. The molecule has 0 amide bonds. The van der Waals surface area contributed by atoms with Gasteiger partial charge in [0.2, 0.25) is 0 Å². The Morgan fingerprint density at radius 1 is 1.33 bits per heavy atom. The lowest BCUT2D eigenvalue weighted by Gasteiger charge is -2.06. The second-order valence-electron chi connectivity index (χ2n) is 3.87. The number of nitrogens with zero attached hydrogens (tertiary/aromatic N) is 3. The fourth-order valence-corrected chi connectivity index (χ4v) is 2.11. The molecule has 0 radical (unpaired) electrons. The Hall–Kier alpha value is -1.93. The standard InChI is InChI=1S/C13H11BrN4/c1-8-10(7-15)13(16)18-12(17-8)6-9-4-2-3-5-11(9)14/h2-5H,6H2,1H3,(H2,16,17,18). The van der Waals surface area contributed by atoms with Crippen LogP contribution in [0.3, 0.4) is 0 Å². The van der Waals surface area contributed by atoms with E-state index >= 15 is 0 Å². The van der Waals surface area contributed by atoms with Crippen molar-refractivity contribution < 1.29 is 0 Å². The van der Waals surface area contributed by atoms with E-state index in [1.807, 2.05) is 30.3 Å². The Morgan fingerprint density at radius 2 is 2.06 bits per heavy atom. The molecule has 0 saturated carbocycles. The third-order valence-electron chi connectivity index (χ3n) is 2.58. The highest BCUT2D eigenvalue weighted by Gasteiger charge is 2.10. The van der Waals surface area contributed by atoms with E-state index in [2.05, 4.69) is 25.9 Å². The van der Waals surface area contributed by atoms with Gasteiger partial charge in [0.05, 0.1) is 5.69 Å². The Morgan fingerprint density at radius 3 is 2.67 bits per heavy atom. The van der Waals surface area contributed by atoms with Crippen LogP contribution in [0.25, 0.3) is 0 Å². The minimum atomic E-state index is 0.243. The summed E-state index contributed by atoms with van der Waals surface area (Å²) >= 11 is 3.48. The highest BCUT2D eigenvalue weighted by Crippen LogP contribution is 2.19. The van der Waals surface area contributed by atoms with Crippen molar-refractivity contribution in [1.29, 1.82) is 5.26 Å². The molecule has 0 spiro atoms. The molecule has 0 atom stereocenters. The predicted molar refractivity (Wildman–Crippen MR) is 72.8 cm³/mol. The summed E-state index contributed by atoms with van der Waals surface area (Å²) in [7, 11) is 0. The Bertz CT molecular complexity index is 608. The lowest BCUT2D eigenvalue weighted by atomic mass is 10.1. The number of rotatable bonds is 2. The van der Waals surface area contributed by atoms with E-state index in [0.29, 0.717) is 23.5 Å². The highest BCUT2D eigenvalue weighted by atomic mass is 79.9. The molecular weight excluding hydrogens is 292 g/mol. The first-order valence-electron chi connectivity index (χ1n) is 5.38. The fraction of sp³-hybridized carbons (Fsp3) is 0.154. The number of benzene rings is 1. The van der Waals surface area contributed by atoms with Crippen LogP contribution in [0, 0.1) is 18.3 Å². The lowest BCUT2D eigenvalue weighted by Crippen LogP contribution is -2.06. The number of hydrogen-bond acceptors (Lipinski definition) is 4. The molecule has 2 aromatic rings. The summed E-state index contributed by atoms with van der Waals surface area (Å²) in [5.41, 5.74) is 7.79. The third-order valence-corrected chi connectivity index (χ3v) is 3.36. The summed E-state index contributed by atoms with van der Waals surface area (Å²) in [6.45, 7) is 1.76. The minimum Gasteiger partial charge on any atom is -0.382 e. The molecule has 4 nitrogen and oxygen atoms in total. The van der Waals surface area contributed by atoms with E-state index in [-0.39, 0.29) is 5.82 Å². The van der Waals surface area contributed by atoms with Crippen molar-refractivity contribution in [3.63, 3.8) is 0 Å². The van der Waals surface area contributed by atoms with Gasteiger partial charge in [-0.25, -0.2) is 9.97 Å². The van der Waals surface area contributed by atoms with Gasteiger partial charge in [-0.05, 0) is 18.6 Å². The first kappa shape index (κ1) is 12.5.